The summed E-state index contributed by atoms with van der Waals surface area (Å²) < 4.78 is 1.94. The Balaban J connectivity index is 1.47. The van der Waals surface area contributed by atoms with Crippen LogP contribution in [0.25, 0.3) is 0 Å². The van der Waals surface area contributed by atoms with Crippen LogP contribution < -0.4 is 10.2 Å². The van der Waals surface area contributed by atoms with Crippen LogP contribution >= 0.6 is 0 Å². The van der Waals surface area contributed by atoms with Gasteiger partial charge in [0.15, 0.2) is 5.96 Å². The molecule has 2 aromatic heterocycles. The number of rotatable bonds is 4. The van der Waals surface area contributed by atoms with Crippen LogP contribution in [0, 0.1) is 6.92 Å². The van der Waals surface area contributed by atoms with E-state index in [0.717, 1.165) is 51.2 Å². The Hall–Kier alpha value is -2.64. The normalized spacial score (nSPS) is 15.7. The van der Waals surface area contributed by atoms with Crippen molar-refractivity contribution in [2.45, 2.75) is 13.5 Å². The van der Waals surface area contributed by atoms with E-state index >= 15 is 0 Å². The van der Waals surface area contributed by atoms with Crippen molar-refractivity contribution in [3.05, 3.63) is 36.4 Å². The van der Waals surface area contributed by atoms with Crippen molar-refractivity contribution in [2.75, 3.05) is 44.7 Å². The molecule has 24 heavy (non-hydrogen) atoms. The molecule has 1 aliphatic heterocycles. The highest BCUT2D eigenvalue weighted by atomic mass is 15.4. The number of aryl methyl sites for hydroxylation is 1. The largest absolute Gasteiger partial charge is 0.354 e. The van der Waals surface area contributed by atoms with Crippen LogP contribution in [0.15, 0.2) is 35.8 Å². The molecular weight excluding hydrogens is 304 g/mol. The van der Waals surface area contributed by atoms with Crippen molar-refractivity contribution in [1.29, 1.82) is 0 Å². The quantitative estimate of drug-likeness (QED) is 0.646. The molecule has 1 aliphatic rings. The van der Waals surface area contributed by atoms with Crippen molar-refractivity contribution in [3.8, 4) is 0 Å². The van der Waals surface area contributed by atoms with Gasteiger partial charge in [0.1, 0.15) is 0 Å². The summed E-state index contributed by atoms with van der Waals surface area (Å²) >= 11 is 0. The number of aliphatic imine (C=N–C) groups is 1. The lowest BCUT2D eigenvalue weighted by Crippen LogP contribution is -2.53. The highest BCUT2D eigenvalue weighted by Crippen LogP contribution is 2.09. The molecule has 0 atom stereocenters. The SMILES string of the molecule is CN=C(NCCn1cc(C)cn1)N1CCN(c2ncccn2)CC1. The van der Waals surface area contributed by atoms with Gasteiger partial charge < -0.3 is 15.1 Å². The Bertz CT molecular complexity index is 658. The molecule has 0 unspecified atom stereocenters. The van der Waals surface area contributed by atoms with E-state index in [-0.39, 0.29) is 0 Å². The maximum Gasteiger partial charge on any atom is 0.225 e. The number of nitrogens with one attached hydrogen (secondary N) is 1. The van der Waals surface area contributed by atoms with Gasteiger partial charge in [0.25, 0.3) is 0 Å². The van der Waals surface area contributed by atoms with E-state index in [4.69, 9.17) is 0 Å². The van der Waals surface area contributed by atoms with Crippen molar-refractivity contribution < 1.29 is 0 Å². The van der Waals surface area contributed by atoms with Crippen LogP contribution in [0.3, 0.4) is 0 Å². The highest BCUT2D eigenvalue weighted by molar-refractivity contribution is 5.80. The summed E-state index contributed by atoms with van der Waals surface area (Å²) in [6.07, 6.45) is 7.49. The maximum absolute atomic E-state index is 4.40. The van der Waals surface area contributed by atoms with Crippen molar-refractivity contribution in [3.63, 3.8) is 0 Å². The molecule has 0 saturated carbocycles. The van der Waals surface area contributed by atoms with E-state index in [0.29, 0.717) is 0 Å². The van der Waals surface area contributed by atoms with Gasteiger partial charge >= 0.3 is 0 Å². The number of hydrogen-bond donors (Lipinski definition) is 1. The van der Waals surface area contributed by atoms with Gasteiger partial charge in [0, 0.05) is 58.4 Å². The summed E-state index contributed by atoms with van der Waals surface area (Å²) in [5, 5.41) is 7.71. The minimum atomic E-state index is 0.800. The molecule has 128 valence electrons. The lowest BCUT2D eigenvalue weighted by atomic mass is 10.3. The molecule has 1 saturated heterocycles. The molecule has 0 aromatic carbocycles. The maximum atomic E-state index is 4.40. The van der Waals surface area contributed by atoms with Gasteiger partial charge in [-0.3, -0.25) is 9.67 Å². The standard InChI is InChI=1S/C16H24N8/c1-14-12-21-24(13-14)7-6-20-15(17-2)22-8-10-23(11-9-22)16-18-4-3-5-19-16/h3-5,12-13H,6-11H2,1-2H3,(H,17,20). The minimum absolute atomic E-state index is 0.800. The average molecular weight is 328 g/mol. The number of piperazine rings is 1. The van der Waals surface area contributed by atoms with Crippen molar-refractivity contribution >= 4 is 11.9 Å². The molecule has 0 spiro atoms. The first kappa shape index (κ1) is 16.2. The van der Waals surface area contributed by atoms with E-state index in [9.17, 15) is 0 Å². The number of anilines is 1. The van der Waals surface area contributed by atoms with Crippen LogP contribution in [0.4, 0.5) is 5.95 Å². The molecule has 0 aliphatic carbocycles. The topological polar surface area (TPSA) is 74.5 Å². The Kier molecular flexibility index (Phi) is 5.25. The molecule has 2 aromatic rings. The number of guanidine groups is 1. The summed E-state index contributed by atoms with van der Waals surface area (Å²) in [5.41, 5.74) is 1.18. The highest BCUT2D eigenvalue weighted by Gasteiger charge is 2.20. The predicted octanol–water partition coefficient (Wildman–Crippen LogP) is 0.379. The Labute approximate surface area is 142 Å². The molecule has 3 rings (SSSR count). The third-order valence-corrected chi connectivity index (χ3v) is 4.01. The Morgan fingerprint density at radius 2 is 1.96 bits per heavy atom. The summed E-state index contributed by atoms with van der Waals surface area (Å²) in [7, 11) is 1.83. The average Bonchev–Trinajstić information content (AvgIpc) is 3.05. The van der Waals surface area contributed by atoms with Crippen LogP contribution in [0.5, 0.6) is 0 Å². The van der Waals surface area contributed by atoms with Crippen LogP contribution in [0.2, 0.25) is 0 Å². The first-order valence-corrected chi connectivity index (χ1v) is 8.23. The summed E-state index contributed by atoms with van der Waals surface area (Å²) in [5.74, 6) is 1.74. The molecule has 8 heteroatoms. The lowest BCUT2D eigenvalue weighted by molar-refractivity contribution is 0.369. The van der Waals surface area contributed by atoms with Gasteiger partial charge in [-0.15, -0.1) is 0 Å². The molecular formula is C16H24N8. The van der Waals surface area contributed by atoms with Crippen LogP contribution in [-0.2, 0) is 6.54 Å². The fraction of sp³-hybridized carbons (Fsp3) is 0.500. The zero-order valence-electron chi connectivity index (χ0n) is 14.3. The van der Waals surface area contributed by atoms with E-state index in [1.165, 1.54) is 5.56 Å². The second kappa shape index (κ2) is 7.76. The molecule has 3 heterocycles. The molecule has 1 N–H and O–H groups in total. The summed E-state index contributed by atoms with van der Waals surface area (Å²) in [4.78, 5) is 17.5. The van der Waals surface area contributed by atoms with E-state index in [1.807, 2.05) is 37.1 Å². The van der Waals surface area contributed by atoms with Gasteiger partial charge in [-0.2, -0.15) is 5.10 Å². The molecule has 8 nitrogen and oxygen atoms in total. The van der Waals surface area contributed by atoms with Crippen molar-refractivity contribution in [2.24, 2.45) is 4.99 Å². The summed E-state index contributed by atoms with van der Waals surface area (Å²) in [6.45, 7) is 7.26. The fourth-order valence-corrected chi connectivity index (χ4v) is 2.78. The second-order valence-electron chi connectivity index (χ2n) is 5.78. The second-order valence-corrected chi connectivity index (χ2v) is 5.78. The molecule has 0 bridgehead atoms. The van der Waals surface area contributed by atoms with Gasteiger partial charge in [-0.1, -0.05) is 0 Å². The molecule has 1 fully saturated rings. The smallest absolute Gasteiger partial charge is 0.225 e. The van der Waals surface area contributed by atoms with Crippen LogP contribution in [0.1, 0.15) is 5.56 Å². The first-order valence-electron chi connectivity index (χ1n) is 8.23. The van der Waals surface area contributed by atoms with Gasteiger partial charge in [0.2, 0.25) is 5.95 Å². The first-order chi connectivity index (χ1) is 11.8. The summed E-state index contributed by atoms with van der Waals surface area (Å²) in [6, 6.07) is 1.84. The zero-order chi connectivity index (χ0) is 16.8. The third kappa shape index (κ3) is 4.01. The minimum Gasteiger partial charge on any atom is -0.354 e. The Morgan fingerprint density at radius 1 is 1.21 bits per heavy atom. The molecule has 0 amide bonds. The van der Waals surface area contributed by atoms with Gasteiger partial charge in [0.05, 0.1) is 12.7 Å². The van der Waals surface area contributed by atoms with E-state index in [2.05, 4.69) is 35.2 Å². The monoisotopic (exact) mass is 328 g/mol. The van der Waals surface area contributed by atoms with E-state index < -0.39 is 0 Å². The third-order valence-electron chi connectivity index (χ3n) is 4.01. The van der Waals surface area contributed by atoms with Gasteiger partial charge in [-0.05, 0) is 18.6 Å². The molecule has 0 radical (unpaired) electrons. The lowest BCUT2D eigenvalue weighted by Gasteiger charge is -2.36. The Morgan fingerprint density at radius 3 is 2.58 bits per heavy atom. The van der Waals surface area contributed by atoms with E-state index in [1.54, 1.807) is 12.4 Å². The van der Waals surface area contributed by atoms with Gasteiger partial charge in [-0.25, -0.2) is 9.97 Å². The van der Waals surface area contributed by atoms with Crippen LogP contribution in [-0.4, -0.2) is 70.4 Å². The number of nitrogens with zero attached hydrogens (tertiary/aromatic N) is 7. The number of aromatic nitrogens is 4. The van der Waals surface area contributed by atoms with Crippen molar-refractivity contribution in [1.82, 2.24) is 30.0 Å². The zero-order valence-corrected chi connectivity index (χ0v) is 14.3. The fourth-order valence-electron chi connectivity index (χ4n) is 2.78. The number of hydrogen-bond acceptors (Lipinski definition) is 5. The predicted molar refractivity (Wildman–Crippen MR) is 94.1 cm³/mol.